The maximum atomic E-state index is 12.5. The van der Waals surface area contributed by atoms with Crippen LogP contribution in [-0.4, -0.2) is 41.9 Å². The number of esters is 1. The summed E-state index contributed by atoms with van der Waals surface area (Å²) in [5.41, 5.74) is 1.32. The van der Waals surface area contributed by atoms with Gasteiger partial charge in [-0.2, -0.15) is 0 Å². The van der Waals surface area contributed by atoms with Crippen molar-refractivity contribution in [2.24, 2.45) is 0 Å². The predicted octanol–water partition coefficient (Wildman–Crippen LogP) is 3.13. The smallest absolute Gasteiger partial charge is 0.341 e. The molecule has 1 N–H and O–H groups in total. The van der Waals surface area contributed by atoms with Crippen LogP contribution in [0.5, 0.6) is 0 Å². The molecule has 26 heavy (non-hydrogen) atoms. The van der Waals surface area contributed by atoms with Crippen LogP contribution in [0.1, 0.15) is 37.4 Å². The van der Waals surface area contributed by atoms with Crippen LogP contribution in [0.4, 0.5) is 10.0 Å². The molecule has 0 saturated carbocycles. The Kier molecular flexibility index (Phi) is 5.35. The Hall–Kier alpha value is -2.30. The Balaban J connectivity index is 1.91. The van der Waals surface area contributed by atoms with Gasteiger partial charge < -0.3 is 15.0 Å². The summed E-state index contributed by atoms with van der Waals surface area (Å²) in [5, 5.41) is 13.9. The second kappa shape index (κ2) is 7.52. The number of carbonyl (C=O) groups excluding carboxylic acids is 2. The Morgan fingerprint density at radius 3 is 2.81 bits per heavy atom. The van der Waals surface area contributed by atoms with E-state index in [1.807, 2.05) is 7.05 Å². The first-order valence-electron chi connectivity index (χ1n) is 7.96. The summed E-state index contributed by atoms with van der Waals surface area (Å²) in [7, 11) is 2.00. The molecule has 0 aromatic carbocycles. The predicted molar refractivity (Wildman–Crippen MR) is 99.2 cm³/mol. The maximum Gasteiger partial charge on any atom is 0.341 e. The molecule has 0 spiro atoms. The Labute approximate surface area is 157 Å². The number of amides is 1. The molecule has 0 saturated heterocycles. The quantitative estimate of drug-likeness (QED) is 0.474. The number of hydrogen-bond acceptors (Lipinski definition) is 8. The summed E-state index contributed by atoms with van der Waals surface area (Å²) >= 11 is 2.15. The van der Waals surface area contributed by atoms with Crippen molar-refractivity contribution in [2.75, 3.05) is 25.5 Å². The van der Waals surface area contributed by atoms with E-state index < -0.39 is 16.8 Å². The van der Waals surface area contributed by atoms with Gasteiger partial charge in [-0.15, -0.1) is 11.3 Å². The summed E-state index contributed by atoms with van der Waals surface area (Å²) in [5.74, 6) is -0.928. The molecular formula is C16H17N3O5S2. The molecule has 3 heterocycles. The third-order valence-electron chi connectivity index (χ3n) is 3.95. The fourth-order valence-electron chi connectivity index (χ4n) is 2.75. The second-order valence-corrected chi connectivity index (χ2v) is 7.93. The lowest BCUT2D eigenvalue weighted by atomic mass is 10.0. The van der Waals surface area contributed by atoms with E-state index in [1.165, 1.54) is 23.5 Å². The minimum atomic E-state index is -0.537. The molecule has 0 unspecified atom stereocenters. The van der Waals surface area contributed by atoms with Crippen molar-refractivity contribution in [3.05, 3.63) is 43.1 Å². The number of ether oxygens (including phenoxy) is 1. The van der Waals surface area contributed by atoms with Crippen molar-refractivity contribution in [1.82, 2.24) is 4.90 Å². The molecule has 2 aromatic rings. The first kappa shape index (κ1) is 18.5. The van der Waals surface area contributed by atoms with Gasteiger partial charge >= 0.3 is 11.0 Å². The topological polar surface area (TPSA) is 102 Å². The van der Waals surface area contributed by atoms with Crippen LogP contribution in [-0.2, 0) is 17.7 Å². The van der Waals surface area contributed by atoms with Gasteiger partial charge in [0.2, 0.25) is 0 Å². The zero-order valence-corrected chi connectivity index (χ0v) is 15.9. The zero-order chi connectivity index (χ0) is 18.8. The highest BCUT2D eigenvalue weighted by molar-refractivity contribution is 7.18. The van der Waals surface area contributed by atoms with Gasteiger partial charge in [0.1, 0.15) is 5.00 Å². The van der Waals surface area contributed by atoms with Gasteiger partial charge in [0.05, 0.1) is 22.0 Å². The maximum absolute atomic E-state index is 12.5. The molecule has 0 radical (unpaired) electrons. The molecule has 1 aliphatic heterocycles. The number of carbonyl (C=O) groups is 2. The minimum absolute atomic E-state index is 0.104. The van der Waals surface area contributed by atoms with Crippen molar-refractivity contribution >= 4 is 44.6 Å². The lowest BCUT2D eigenvalue weighted by molar-refractivity contribution is -0.380. The van der Waals surface area contributed by atoms with E-state index in [2.05, 4.69) is 10.2 Å². The molecule has 0 fully saturated rings. The van der Waals surface area contributed by atoms with E-state index in [1.54, 1.807) is 6.92 Å². The number of thiophene rings is 2. The second-order valence-electron chi connectivity index (χ2n) is 5.77. The first-order chi connectivity index (χ1) is 12.4. The summed E-state index contributed by atoms with van der Waals surface area (Å²) in [4.78, 5) is 38.5. The van der Waals surface area contributed by atoms with Crippen molar-refractivity contribution in [2.45, 2.75) is 19.9 Å². The van der Waals surface area contributed by atoms with Gasteiger partial charge in [0.15, 0.2) is 0 Å². The highest BCUT2D eigenvalue weighted by Gasteiger charge is 2.29. The van der Waals surface area contributed by atoms with E-state index in [0.29, 0.717) is 23.5 Å². The van der Waals surface area contributed by atoms with E-state index in [0.717, 1.165) is 28.3 Å². The number of rotatable bonds is 5. The molecule has 10 heteroatoms. The molecule has 1 aliphatic rings. The van der Waals surface area contributed by atoms with Crippen LogP contribution in [0.3, 0.4) is 0 Å². The standard InChI is InChI=1S/C16H17N3O5S2/c1-3-24-16(21)13-9-6-7-18(2)8-11(9)26-15(13)17-14(20)10-4-5-12(25-10)19(22)23/h4-5H,3,6-8H2,1-2H3,(H,17,20). The number of likely N-dealkylation sites (N-methyl/N-ethyl adjacent to an activating group) is 1. The van der Waals surface area contributed by atoms with E-state index in [9.17, 15) is 19.7 Å². The number of hydrogen-bond donors (Lipinski definition) is 1. The van der Waals surface area contributed by atoms with Gasteiger partial charge in [-0.25, -0.2) is 4.79 Å². The SMILES string of the molecule is CCOC(=O)c1c(NC(=O)c2ccc([N+](=O)[O-])s2)sc2c1CCN(C)C2. The molecule has 0 atom stereocenters. The van der Waals surface area contributed by atoms with Gasteiger partial charge in [-0.1, -0.05) is 11.3 Å². The van der Waals surface area contributed by atoms with Crippen LogP contribution in [0.2, 0.25) is 0 Å². The van der Waals surface area contributed by atoms with E-state index in [4.69, 9.17) is 4.74 Å². The Morgan fingerprint density at radius 1 is 1.38 bits per heavy atom. The van der Waals surface area contributed by atoms with Crippen LogP contribution >= 0.6 is 22.7 Å². The van der Waals surface area contributed by atoms with E-state index in [-0.39, 0.29) is 16.5 Å². The third kappa shape index (κ3) is 3.62. The summed E-state index contributed by atoms with van der Waals surface area (Å²) in [6.45, 7) is 3.49. The average Bonchev–Trinajstić information content (AvgIpc) is 3.19. The minimum Gasteiger partial charge on any atom is -0.462 e. The molecule has 138 valence electrons. The van der Waals surface area contributed by atoms with Crippen molar-refractivity contribution in [1.29, 1.82) is 0 Å². The lowest BCUT2D eigenvalue weighted by Crippen LogP contribution is -2.26. The number of nitrogens with zero attached hydrogens (tertiary/aromatic N) is 2. The Bertz CT molecular complexity index is 873. The number of fused-ring (bicyclic) bond motifs is 1. The van der Waals surface area contributed by atoms with Gasteiger partial charge in [0.25, 0.3) is 5.91 Å². The molecule has 2 aromatic heterocycles. The average molecular weight is 395 g/mol. The highest BCUT2D eigenvalue weighted by atomic mass is 32.1. The number of anilines is 1. The third-order valence-corrected chi connectivity index (χ3v) is 6.12. The molecule has 0 bridgehead atoms. The molecule has 8 nitrogen and oxygen atoms in total. The lowest BCUT2D eigenvalue weighted by Gasteiger charge is -2.22. The van der Waals surface area contributed by atoms with Crippen LogP contribution < -0.4 is 5.32 Å². The molecule has 0 aliphatic carbocycles. The highest BCUT2D eigenvalue weighted by Crippen LogP contribution is 2.38. The number of nitro groups is 1. The first-order valence-corrected chi connectivity index (χ1v) is 9.59. The van der Waals surface area contributed by atoms with Gasteiger partial charge in [0, 0.05) is 24.0 Å². The van der Waals surface area contributed by atoms with Crippen molar-refractivity contribution < 1.29 is 19.2 Å². The summed E-state index contributed by atoms with van der Waals surface area (Å²) in [6, 6.07) is 2.70. The van der Waals surface area contributed by atoms with Gasteiger partial charge in [-0.3, -0.25) is 14.9 Å². The normalized spacial score (nSPS) is 13.9. The molecule has 3 rings (SSSR count). The van der Waals surface area contributed by atoms with Crippen molar-refractivity contribution in [3.63, 3.8) is 0 Å². The van der Waals surface area contributed by atoms with Gasteiger partial charge in [-0.05, 0) is 32.0 Å². The summed E-state index contributed by atoms with van der Waals surface area (Å²) in [6.07, 6.45) is 0.705. The monoisotopic (exact) mass is 395 g/mol. The molecule has 1 amide bonds. The molecular weight excluding hydrogens is 378 g/mol. The fraction of sp³-hybridized carbons (Fsp3) is 0.375. The largest absolute Gasteiger partial charge is 0.462 e. The fourth-order valence-corrected chi connectivity index (χ4v) is 4.78. The zero-order valence-electron chi connectivity index (χ0n) is 14.2. The van der Waals surface area contributed by atoms with Crippen LogP contribution in [0.25, 0.3) is 0 Å². The van der Waals surface area contributed by atoms with E-state index >= 15 is 0 Å². The van der Waals surface area contributed by atoms with Crippen molar-refractivity contribution in [3.8, 4) is 0 Å². The number of nitrogens with one attached hydrogen (secondary N) is 1. The van der Waals surface area contributed by atoms with Crippen LogP contribution in [0.15, 0.2) is 12.1 Å². The summed E-state index contributed by atoms with van der Waals surface area (Å²) < 4.78 is 5.16. The Morgan fingerprint density at radius 2 is 2.15 bits per heavy atom. The van der Waals surface area contributed by atoms with Crippen LogP contribution in [0, 0.1) is 10.1 Å².